The Morgan fingerprint density at radius 1 is 1.03 bits per heavy atom. The molecule has 0 aliphatic heterocycles. The Labute approximate surface area is 215 Å². The number of methoxy groups -OCH3 is 3. The van der Waals surface area contributed by atoms with Crippen molar-refractivity contribution in [1.29, 1.82) is 0 Å². The molecule has 0 atom stereocenters. The standard InChI is InChI=1S/C25H21ClFN3O5S/c1-33-20-11-16(12-21(34-2)23(20)35-3)28-22(31)13-36-25-29-19-9-4-14(26)10-18(19)24(32)30(25)17-7-5-15(27)6-8-17/h4-12H,13H2,1-3H3,(H,28,31). The lowest BCUT2D eigenvalue weighted by Gasteiger charge is -2.15. The van der Waals surface area contributed by atoms with Gasteiger partial charge in [-0.2, -0.15) is 0 Å². The summed E-state index contributed by atoms with van der Waals surface area (Å²) in [5.41, 5.74) is 0.882. The van der Waals surface area contributed by atoms with Crippen LogP contribution in [0.1, 0.15) is 0 Å². The van der Waals surface area contributed by atoms with Crippen molar-refractivity contribution in [2.24, 2.45) is 0 Å². The zero-order valence-corrected chi connectivity index (χ0v) is 21.1. The Balaban J connectivity index is 1.65. The molecule has 0 saturated carbocycles. The van der Waals surface area contributed by atoms with Gasteiger partial charge in [0.05, 0.1) is 43.7 Å². The van der Waals surface area contributed by atoms with Gasteiger partial charge in [-0.25, -0.2) is 9.37 Å². The van der Waals surface area contributed by atoms with Crippen molar-refractivity contribution in [1.82, 2.24) is 9.55 Å². The van der Waals surface area contributed by atoms with Gasteiger partial charge in [-0.15, -0.1) is 0 Å². The number of anilines is 1. The number of nitrogens with zero attached hydrogens (tertiary/aromatic N) is 2. The predicted molar refractivity (Wildman–Crippen MR) is 138 cm³/mol. The minimum absolute atomic E-state index is 0.0661. The summed E-state index contributed by atoms with van der Waals surface area (Å²) in [5.74, 6) is 0.312. The van der Waals surface area contributed by atoms with Crippen molar-refractivity contribution in [2.75, 3.05) is 32.4 Å². The molecule has 0 aliphatic rings. The number of carbonyl (C=O) groups is 1. The molecule has 1 amide bonds. The number of halogens is 2. The van der Waals surface area contributed by atoms with Crippen LogP contribution in [0.15, 0.2) is 64.5 Å². The van der Waals surface area contributed by atoms with E-state index in [1.54, 1.807) is 24.3 Å². The Kier molecular flexibility index (Phi) is 7.66. The van der Waals surface area contributed by atoms with E-state index in [1.807, 2.05) is 0 Å². The van der Waals surface area contributed by atoms with Gasteiger partial charge in [0.1, 0.15) is 5.82 Å². The van der Waals surface area contributed by atoms with Crippen LogP contribution in [-0.4, -0.2) is 42.5 Å². The molecule has 0 fully saturated rings. The van der Waals surface area contributed by atoms with Crippen LogP contribution in [0.2, 0.25) is 5.02 Å². The number of thioether (sulfide) groups is 1. The highest BCUT2D eigenvalue weighted by Gasteiger charge is 2.17. The van der Waals surface area contributed by atoms with Crippen molar-refractivity contribution >= 4 is 45.9 Å². The summed E-state index contributed by atoms with van der Waals surface area (Å²) in [4.78, 5) is 30.7. The van der Waals surface area contributed by atoms with Crippen LogP contribution in [0.25, 0.3) is 16.6 Å². The lowest BCUT2D eigenvalue weighted by atomic mass is 10.2. The molecule has 0 bridgehead atoms. The van der Waals surface area contributed by atoms with Gasteiger partial charge in [0.2, 0.25) is 11.7 Å². The first-order valence-corrected chi connectivity index (χ1v) is 11.9. The third-order valence-electron chi connectivity index (χ3n) is 5.17. The molecule has 11 heteroatoms. The normalized spacial score (nSPS) is 10.8. The quantitative estimate of drug-likeness (QED) is 0.255. The maximum absolute atomic E-state index is 13.5. The topological polar surface area (TPSA) is 91.7 Å². The smallest absolute Gasteiger partial charge is 0.266 e. The minimum atomic E-state index is -0.442. The summed E-state index contributed by atoms with van der Waals surface area (Å²) in [7, 11) is 4.44. The number of nitrogens with one attached hydrogen (secondary N) is 1. The predicted octanol–water partition coefficient (Wildman–Crippen LogP) is 4.93. The lowest BCUT2D eigenvalue weighted by molar-refractivity contribution is -0.113. The Hall–Kier alpha value is -3.76. The van der Waals surface area contributed by atoms with E-state index in [0.29, 0.717) is 44.5 Å². The van der Waals surface area contributed by atoms with Gasteiger partial charge in [0.15, 0.2) is 16.7 Å². The van der Waals surface area contributed by atoms with E-state index in [9.17, 15) is 14.0 Å². The van der Waals surface area contributed by atoms with Crippen LogP contribution in [0.4, 0.5) is 10.1 Å². The number of amides is 1. The molecular formula is C25H21ClFN3O5S. The maximum atomic E-state index is 13.5. The Bertz CT molecular complexity index is 1470. The highest BCUT2D eigenvalue weighted by Crippen LogP contribution is 2.40. The molecule has 8 nitrogen and oxygen atoms in total. The molecule has 0 spiro atoms. The summed E-state index contributed by atoms with van der Waals surface area (Å²) in [5, 5.41) is 3.74. The molecule has 186 valence electrons. The Morgan fingerprint density at radius 3 is 2.31 bits per heavy atom. The van der Waals surface area contributed by atoms with Crippen molar-refractivity contribution in [3.05, 3.63) is 75.8 Å². The molecule has 3 aromatic carbocycles. The molecular weight excluding hydrogens is 509 g/mol. The second-order valence-corrected chi connectivity index (χ2v) is 8.80. The van der Waals surface area contributed by atoms with Gasteiger partial charge in [0.25, 0.3) is 5.56 Å². The van der Waals surface area contributed by atoms with Gasteiger partial charge in [-0.3, -0.25) is 14.2 Å². The molecule has 0 unspecified atom stereocenters. The minimum Gasteiger partial charge on any atom is -0.493 e. The van der Waals surface area contributed by atoms with Crippen LogP contribution in [0, 0.1) is 5.82 Å². The molecule has 0 radical (unpaired) electrons. The number of ether oxygens (including phenoxy) is 3. The van der Waals surface area contributed by atoms with E-state index < -0.39 is 5.82 Å². The molecule has 4 rings (SSSR count). The van der Waals surface area contributed by atoms with Gasteiger partial charge >= 0.3 is 0 Å². The molecule has 1 aromatic heterocycles. The molecule has 1 N–H and O–H groups in total. The highest BCUT2D eigenvalue weighted by molar-refractivity contribution is 7.99. The number of hydrogen-bond acceptors (Lipinski definition) is 7. The van der Waals surface area contributed by atoms with Crippen LogP contribution in [-0.2, 0) is 4.79 Å². The summed E-state index contributed by atoms with van der Waals surface area (Å²) >= 11 is 7.14. The first-order chi connectivity index (χ1) is 17.3. The fourth-order valence-electron chi connectivity index (χ4n) is 3.53. The van der Waals surface area contributed by atoms with Gasteiger partial charge < -0.3 is 19.5 Å². The van der Waals surface area contributed by atoms with E-state index in [-0.39, 0.29) is 22.4 Å². The summed E-state index contributed by atoms with van der Waals surface area (Å²) < 4.78 is 30.8. The van der Waals surface area contributed by atoms with Crippen LogP contribution >= 0.6 is 23.4 Å². The maximum Gasteiger partial charge on any atom is 0.266 e. The third-order valence-corrected chi connectivity index (χ3v) is 6.34. The Morgan fingerprint density at radius 2 is 1.69 bits per heavy atom. The SMILES string of the molecule is COc1cc(NC(=O)CSc2nc3ccc(Cl)cc3c(=O)n2-c2ccc(F)cc2)cc(OC)c1OC. The van der Waals surface area contributed by atoms with Crippen molar-refractivity contribution in [3.63, 3.8) is 0 Å². The highest BCUT2D eigenvalue weighted by atomic mass is 35.5. The first-order valence-electron chi connectivity index (χ1n) is 10.6. The van der Waals surface area contributed by atoms with Crippen molar-refractivity contribution in [2.45, 2.75) is 5.16 Å². The van der Waals surface area contributed by atoms with Gasteiger partial charge in [-0.05, 0) is 42.5 Å². The fourth-order valence-corrected chi connectivity index (χ4v) is 4.52. The first kappa shape index (κ1) is 25.3. The number of aromatic nitrogens is 2. The lowest BCUT2D eigenvalue weighted by Crippen LogP contribution is -2.23. The number of fused-ring (bicyclic) bond motifs is 1. The van der Waals surface area contributed by atoms with E-state index in [1.165, 1.54) is 56.2 Å². The number of hydrogen-bond donors (Lipinski definition) is 1. The fraction of sp³-hybridized carbons (Fsp3) is 0.160. The van der Waals surface area contributed by atoms with E-state index >= 15 is 0 Å². The summed E-state index contributed by atoms with van der Waals surface area (Å²) in [6, 6.07) is 13.4. The third kappa shape index (κ3) is 5.24. The molecule has 36 heavy (non-hydrogen) atoms. The zero-order valence-electron chi connectivity index (χ0n) is 19.5. The molecule has 0 saturated heterocycles. The van der Waals surface area contributed by atoms with Crippen LogP contribution in [0.3, 0.4) is 0 Å². The number of rotatable bonds is 8. The van der Waals surface area contributed by atoms with Crippen LogP contribution < -0.4 is 25.1 Å². The monoisotopic (exact) mass is 529 g/mol. The second kappa shape index (κ2) is 10.9. The van der Waals surface area contributed by atoms with Crippen molar-refractivity contribution < 1.29 is 23.4 Å². The van der Waals surface area contributed by atoms with E-state index in [0.717, 1.165) is 11.8 Å². The van der Waals surface area contributed by atoms with Gasteiger partial charge in [-0.1, -0.05) is 23.4 Å². The summed E-state index contributed by atoms with van der Waals surface area (Å²) in [6.45, 7) is 0. The largest absolute Gasteiger partial charge is 0.493 e. The van der Waals surface area contributed by atoms with Crippen molar-refractivity contribution in [3.8, 4) is 22.9 Å². The second-order valence-electron chi connectivity index (χ2n) is 7.42. The van der Waals surface area contributed by atoms with E-state index in [4.69, 9.17) is 25.8 Å². The average molecular weight is 530 g/mol. The van der Waals surface area contributed by atoms with Crippen LogP contribution in [0.5, 0.6) is 17.2 Å². The number of carbonyl (C=O) groups excluding carboxylic acids is 1. The van der Waals surface area contributed by atoms with Gasteiger partial charge in [0, 0.05) is 22.8 Å². The molecule has 0 aliphatic carbocycles. The summed E-state index contributed by atoms with van der Waals surface area (Å²) in [6.07, 6.45) is 0. The number of benzene rings is 3. The molecule has 4 aromatic rings. The zero-order chi connectivity index (χ0) is 25.8. The average Bonchev–Trinajstić information content (AvgIpc) is 2.88. The van der Waals surface area contributed by atoms with E-state index in [2.05, 4.69) is 10.3 Å². The molecule has 1 heterocycles.